The van der Waals surface area contributed by atoms with Crippen LogP contribution in [0.25, 0.3) is 0 Å². The molecular formula is C14H23ClN2O. The Morgan fingerprint density at radius 2 is 1.83 bits per heavy atom. The SMILES string of the molecule is CCCNCCNC(=O)c1ccccc1CC.Cl. The molecule has 0 heterocycles. The molecule has 1 amide bonds. The summed E-state index contributed by atoms with van der Waals surface area (Å²) < 4.78 is 0. The minimum atomic E-state index is 0. The highest BCUT2D eigenvalue weighted by Gasteiger charge is 2.08. The average molecular weight is 271 g/mol. The van der Waals surface area contributed by atoms with E-state index in [1.54, 1.807) is 0 Å². The van der Waals surface area contributed by atoms with Gasteiger partial charge in [-0.25, -0.2) is 0 Å². The van der Waals surface area contributed by atoms with E-state index in [9.17, 15) is 4.79 Å². The summed E-state index contributed by atoms with van der Waals surface area (Å²) in [6.45, 7) is 6.70. The van der Waals surface area contributed by atoms with Crippen molar-refractivity contribution >= 4 is 18.3 Å². The third-order valence-electron chi connectivity index (χ3n) is 2.66. The molecule has 0 bridgehead atoms. The Morgan fingerprint density at radius 3 is 2.50 bits per heavy atom. The van der Waals surface area contributed by atoms with Gasteiger partial charge in [-0.3, -0.25) is 4.79 Å². The van der Waals surface area contributed by atoms with Crippen LogP contribution in [0.15, 0.2) is 24.3 Å². The van der Waals surface area contributed by atoms with Gasteiger partial charge in [0.25, 0.3) is 5.91 Å². The number of aryl methyl sites for hydroxylation is 1. The van der Waals surface area contributed by atoms with Gasteiger partial charge in [0.2, 0.25) is 0 Å². The Bertz CT molecular complexity index is 355. The number of hydrogen-bond acceptors (Lipinski definition) is 2. The topological polar surface area (TPSA) is 41.1 Å². The second-order valence-corrected chi connectivity index (χ2v) is 4.02. The molecule has 0 saturated carbocycles. The molecule has 0 fully saturated rings. The van der Waals surface area contributed by atoms with Crippen molar-refractivity contribution in [1.29, 1.82) is 0 Å². The number of amides is 1. The van der Waals surface area contributed by atoms with Gasteiger partial charge in [0.15, 0.2) is 0 Å². The van der Waals surface area contributed by atoms with E-state index >= 15 is 0 Å². The van der Waals surface area contributed by atoms with Crippen molar-refractivity contribution in [2.75, 3.05) is 19.6 Å². The zero-order valence-corrected chi connectivity index (χ0v) is 12.0. The van der Waals surface area contributed by atoms with E-state index in [1.807, 2.05) is 24.3 Å². The van der Waals surface area contributed by atoms with Crippen LogP contribution in [-0.4, -0.2) is 25.5 Å². The van der Waals surface area contributed by atoms with Gasteiger partial charge in [0.1, 0.15) is 0 Å². The van der Waals surface area contributed by atoms with Crippen molar-refractivity contribution < 1.29 is 4.79 Å². The Balaban J connectivity index is 0.00000289. The largest absolute Gasteiger partial charge is 0.351 e. The molecule has 2 N–H and O–H groups in total. The third-order valence-corrected chi connectivity index (χ3v) is 2.66. The van der Waals surface area contributed by atoms with Gasteiger partial charge in [-0.05, 0) is 31.0 Å². The van der Waals surface area contributed by atoms with Crippen molar-refractivity contribution in [3.8, 4) is 0 Å². The molecule has 3 nitrogen and oxygen atoms in total. The van der Waals surface area contributed by atoms with Crippen LogP contribution in [0.1, 0.15) is 36.2 Å². The van der Waals surface area contributed by atoms with Gasteiger partial charge in [-0.1, -0.05) is 32.0 Å². The molecule has 102 valence electrons. The van der Waals surface area contributed by atoms with Crippen LogP contribution in [0.3, 0.4) is 0 Å². The first-order chi connectivity index (χ1) is 8.29. The zero-order valence-electron chi connectivity index (χ0n) is 11.2. The first-order valence-corrected chi connectivity index (χ1v) is 6.36. The van der Waals surface area contributed by atoms with E-state index < -0.39 is 0 Å². The first kappa shape index (κ1) is 16.9. The van der Waals surface area contributed by atoms with Gasteiger partial charge in [-0.2, -0.15) is 0 Å². The summed E-state index contributed by atoms with van der Waals surface area (Å²) in [7, 11) is 0. The molecule has 0 radical (unpaired) electrons. The lowest BCUT2D eigenvalue weighted by molar-refractivity contribution is 0.0953. The van der Waals surface area contributed by atoms with E-state index in [-0.39, 0.29) is 18.3 Å². The normalized spacial score (nSPS) is 9.67. The number of carbonyl (C=O) groups excluding carboxylic acids is 1. The maximum absolute atomic E-state index is 11.9. The third kappa shape index (κ3) is 5.52. The lowest BCUT2D eigenvalue weighted by Crippen LogP contribution is -2.32. The summed E-state index contributed by atoms with van der Waals surface area (Å²) in [5.41, 5.74) is 1.90. The van der Waals surface area contributed by atoms with Crippen LogP contribution in [0.4, 0.5) is 0 Å². The van der Waals surface area contributed by atoms with Crippen molar-refractivity contribution in [3.05, 3.63) is 35.4 Å². The lowest BCUT2D eigenvalue weighted by atomic mass is 10.0. The summed E-state index contributed by atoms with van der Waals surface area (Å²) in [6, 6.07) is 7.76. The Morgan fingerprint density at radius 1 is 1.11 bits per heavy atom. The number of benzene rings is 1. The van der Waals surface area contributed by atoms with Crippen molar-refractivity contribution in [2.24, 2.45) is 0 Å². The van der Waals surface area contributed by atoms with E-state index in [2.05, 4.69) is 24.5 Å². The van der Waals surface area contributed by atoms with Crippen molar-refractivity contribution in [1.82, 2.24) is 10.6 Å². The maximum Gasteiger partial charge on any atom is 0.251 e. The summed E-state index contributed by atoms with van der Waals surface area (Å²) in [4.78, 5) is 11.9. The van der Waals surface area contributed by atoms with Crippen LogP contribution in [-0.2, 0) is 6.42 Å². The Labute approximate surface area is 116 Å². The molecule has 4 heteroatoms. The maximum atomic E-state index is 11.9. The molecule has 0 aromatic heterocycles. The smallest absolute Gasteiger partial charge is 0.251 e. The predicted molar refractivity (Wildman–Crippen MR) is 78.6 cm³/mol. The minimum Gasteiger partial charge on any atom is -0.351 e. The predicted octanol–water partition coefficient (Wildman–Crippen LogP) is 2.40. The first-order valence-electron chi connectivity index (χ1n) is 6.36. The monoisotopic (exact) mass is 270 g/mol. The van der Waals surface area contributed by atoms with Crippen molar-refractivity contribution in [2.45, 2.75) is 26.7 Å². The zero-order chi connectivity index (χ0) is 12.5. The number of carbonyl (C=O) groups is 1. The molecule has 0 saturated heterocycles. The van der Waals surface area contributed by atoms with E-state index in [4.69, 9.17) is 0 Å². The fourth-order valence-corrected chi connectivity index (χ4v) is 1.71. The van der Waals surface area contributed by atoms with Gasteiger partial charge in [0, 0.05) is 18.7 Å². The minimum absolute atomic E-state index is 0. The lowest BCUT2D eigenvalue weighted by Gasteiger charge is -2.09. The number of hydrogen-bond donors (Lipinski definition) is 2. The Kier molecular flexibility index (Phi) is 9.33. The van der Waals surface area contributed by atoms with E-state index in [1.165, 1.54) is 0 Å². The van der Waals surface area contributed by atoms with Gasteiger partial charge >= 0.3 is 0 Å². The van der Waals surface area contributed by atoms with Gasteiger partial charge < -0.3 is 10.6 Å². The number of rotatable bonds is 7. The fraction of sp³-hybridized carbons (Fsp3) is 0.500. The molecule has 0 unspecified atom stereocenters. The Hall–Kier alpha value is -1.06. The molecule has 18 heavy (non-hydrogen) atoms. The van der Waals surface area contributed by atoms with Crippen LogP contribution in [0.5, 0.6) is 0 Å². The van der Waals surface area contributed by atoms with Gasteiger partial charge in [0.05, 0.1) is 0 Å². The standard InChI is InChI=1S/C14H22N2O.ClH/c1-3-9-15-10-11-16-14(17)13-8-6-5-7-12(13)4-2;/h5-8,15H,3-4,9-11H2,1-2H3,(H,16,17);1H. The number of nitrogens with one attached hydrogen (secondary N) is 2. The summed E-state index contributed by atoms with van der Waals surface area (Å²) in [6.07, 6.45) is 2.00. The molecule has 0 aliphatic carbocycles. The highest BCUT2D eigenvalue weighted by atomic mass is 35.5. The molecule has 1 aromatic carbocycles. The second kappa shape index (κ2) is 9.92. The second-order valence-electron chi connectivity index (χ2n) is 4.02. The van der Waals surface area contributed by atoms with Crippen LogP contribution in [0, 0.1) is 0 Å². The van der Waals surface area contributed by atoms with Crippen LogP contribution in [0.2, 0.25) is 0 Å². The van der Waals surface area contributed by atoms with E-state index in [0.717, 1.165) is 37.1 Å². The van der Waals surface area contributed by atoms with Gasteiger partial charge in [-0.15, -0.1) is 12.4 Å². The number of halogens is 1. The molecule has 0 atom stereocenters. The molecule has 0 aliphatic heterocycles. The molecule has 1 rings (SSSR count). The molecular weight excluding hydrogens is 248 g/mol. The molecule has 0 aliphatic rings. The molecule has 0 spiro atoms. The quantitative estimate of drug-likeness (QED) is 0.747. The summed E-state index contributed by atoms with van der Waals surface area (Å²) >= 11 is 0. The van der Waals surface area contributed by atoms with E-state index in [0.29, 0.717) is 6.54 Å². The van der Waals surface area contributed by atoms with Crippen LogP contribution < -0.4 is 10.6 Å². The average Bonchev–Trinajstić information content (AvgIpc) is 2.38. The highest BCUT2D eigenvalue weighted by Crippen LogP contribution is 2.08. The summed E-state index contributed by atoms with van der Waals surface area (Å²) in [5, 5.41) is 6.19. The summed E-state index contributed by atoms with van der Waals surface area (Å²) in [5.74, 6) is 0.0285. The molecule has 1 aromatic rings. The van der Waals surface area contributed by atoms with Crippen LogP contribution >= 0.6 is 12.4 Å². The fourth-order valence-electron chi connectivity index (χ4n) is 1.71. The highest BCUT2D eigenvalue weighted by molar-refractivity contribution is 5.95. The van der Waals surface area contributed by atoms with Crippen molar-refractivity contribution in [3.63, 3.8) is 0 Å².